The fraction of sp³-hybridized carbons (Fsp3) is 0.684. The first kappa shape index (κ1) is 15.7. The Kier molecular flexibility index (Phi) is 4.92. The molecule has 0 bridgehead atoms. The number of aryl methyl sites for hydroxylation is 1. The molecule has 3 rings (SSSR count). The third-order valence-corrected chi connectivity index (χ3v) is 5.60. The van der Waals surface area contributed by atoms with E-state index in [9.17, 15) is 0 Å². The molecule has 0 radical (unpaired) electrons. The normalized spacial score (nSPS) is 27.7. The van der Waals surface area contributed by atoms with Crippen molar-refractivity contribution >= 4 is 11.4 Å². The molecule has 1 aliphatic carbocycles. The van der Waals surface area contributed by atoms with Crippen LogP contribution in [0.15, 0.2) is 18.2 Å². The molecule has 3 nitrogen and oxygen atoms in total. The van der Waals surface area contributed by atoms with Crippen LogP contribution in [0, 0.1) is 12.8 Å². The van der Waals surface area contributed by atoms with Gasteiger partial charge in [-0.05, 0) is 69.1 Å². The van der Waals surface area contributed by atoms with Crippen LogP contribution in [-0.4, -0.2) is 30.1 Å². The SMILES string of the molecule is Cc1ccc(N)c(NC2CCN(C3CCC(C)CC3)CC2)c1. The minimum atomic E-state index is 0.572. The van der Waals surface area contributed by atoms with E-state index in [1.165, 1.54) is 57.2 Å². The molecule has 0 unspecified atom stereocenters. The summed E-state index contributed by atoms with van der Waals surface area (Å²) in [4.78, 5) is 2.74. The molecule has 1 aliphatic heterocycles. The number of rotatable bonds is 3. The number of nitrogens with one attached hydrogen (secondary N) is 1. The zero-order chi connectivity index (χ0) is 15.5. The second kappa shape index (κ2) is 6.91. The molecule has 1 aromatic rings. The highest BCUT2D eigenvalue weighted by atomic mass is 15.2. The first-order chi connectivity index (χ1) is 10.6. The van der Waals surface area contributed by atoms with Crippen LogP contribution in [0.1, 0.15) is 51.0 Å². The van der Waals surface area contributed by atoms with Crippen LogP contribution in [-0.2, 0) is 0 Å². The highest BCUT2D eigenvalue weighted by Crippen LogP contribution is 2.30. The number of piperidine rings is 1. The smallest absolute Gasteiger partial charge is 0.0578 e. The van der Waals surface area contributed by atoms with Crippen molar-refractivity contribution in [3.63, 3.8) is 0 Å². The quantitative estimate of drug-likeness (QED) is 0.828. The summed E-state index contributed by atoms with van der Waals surface area (Å²) in [6, 6.07) is 7.68. The molecule has 1 aromatic carbocycles. The first-order valence-corrected chi connectivity index (χ1v) is 8.98. The Balaban J connectivity index is 1.50. The standard InChI is InChI=1S/C19H31N3/c1-14-3-6-17(7-4-14)22-11-9-16(10-12-22)21-19-13-15(2)5-8-18(19)20/h5,8,13-14,16-17,21H,3-4,6-7,9-12,20H2,1-2H3. The van der Waals surface area contributed by atoms with E-state index in [-0.39, 0.29) is 0 Å². The summed E-state index contributed by atoms with van der Waals surface area (Å²) in [6.07, 6.45) is 8.12. The highest BCUT2D eigenvalue weighted by molar-refractivity contribution is 5.67. The van der Waals surface area contributed by atoms with E-state index in [4.69, 9.17) is 5.73 Å². The lowest BCUT2D eigenvalue weighted by molar-refractivity contribution is 0.113. The predicted octanol–water partition coefficient (Wildman–Crippen LogP) is 4.03. The summed E-state index contributed by atoms with van der Waals surface area (Å²) < 4.78 is 0. The number of nitrogens with zero attached hydrogens (tertiary/aromatic N) is 1. The molecular formula is C19H31N3. The van der Waals surface area contributed by atoms with Gasteiger partial charge in [0, 0.05) is 25.2 Å². The van der Waals surface area contributed by atoms with Crippen LogP contribution < -0.4 is 11.1 Å². The number of nitrogens with two attached hydrogens (primary N) is 1. The molecule has 0 spiro atoms. The third-order valence-electron chi connectivity index (χ3n) is 5.60. The lowest BCUT2D eigenvalue weighted by atomic mass is 9.85. The number of nitrogen functional groups attached to an aromatic ring is 1. The van der Waals surface area contributed by atoms with Crippen molar-refractivity contribution in [2.45, 2.75) is 64.5 Å². The maximum absolute atomic E-state index is 6.09. The van der Waals surface area contributed by atoms with Crippen molar-refractivity contribution < 1.29 is 0 Å². The summed E-state index contributed by atoms with van der Waals surface area (Å²) in [5.41, 5.74) is 9.35. The molecule has 1 saturated heterocycles. The average molecular weight is 301 g/mol. The molecule has 2 aliphatic rings. The lowest BCUT2D eigenvalue weighted by Gasteiger charge is -2.40. The van der Waals surface area contributed by atoms with Crippen LogP contribution in [0.2, 0.25) is 0 Å². The van der Waals surface area contributed by atoms with Crippen molar-refractivity contribution in [2.24, 2.45) is 5.92 Å². The van der Waals surface area contributed by atoms with Crippen molar-refractivity contribution in [3.05, 3.63) is 23.8 Å². The van der Waals surface area contributed by atoms with Gasteiger partial charge in [0.1, 0.15) is 0 Å². The Morgan fingerprint density at radius 1 is 1.05 bits per heavy atom. The second-order valence-electron chi connectivity index (χ2n) is 7.46. The van der Waals surface area contributed by atoms with Gasteiger partial charge in [-0.3, -0.25) is 0 Å². The summed E-state index contributed by atoms with van der Waals surface area (Å²) >= 11 is 0. The molecule has 1 heterocycles. The third kappa shape index (κ3) is 3.75. The molecule has 0 amide bonds. The van der Waals surface area contributed by atoms with E-state index >= 15 is 0 Å². The topological polar surface area (TPSA) is 41.3 Å². The van der Waals surface area contributed by atoms with Gasteiger partial charge in [-0.15, -0.1) is 0 Å². The number of hydrogen-bond donors (Lipinski definition) is 2. The van der Waals surface area contributed by atoms with Gasteiger partial charge in [0.05, 0.1) is 11.4 Å². The predicted molar refractivity (Wildman–Crippen MR) is 95.2 cm³/mol. The largest absolute Gasteiger partial charge is 0.397 e. The average Bonchev–Trinajstić information content (AvgIpc) is 2.53. The summed E-state index contributed by atoms with van der Waals surface area (Å²) in [7, 11) is 0. The molecule has 0 aromatic heterocycles. The van der Waals surface area contributed by atoms with E-state index in [1.54, 1.807) is 0 Å². The van der Waals surface area contributed by atoms with Gasteiger partial charge in [-0.25, -0.2) is 0 Å². The lowest BCUT2D eigenvalue weighted by Crippen LogP contribution is -2.45. The van der Waals surface area contributed by atoms with Gasteiger partial charge in [-0.2, -0.15) is 0 Å². The van der Waals surface area contributed by atoms with Crippen LogP contribution in [0.3, 0.4) is 0 Å². The number of hydrogen-bond acceptors (Lipinski definition) is 3. The molecule has 2 fully saturated rings. The van der Waals surface area contributed by atoms with Gasteiger partial charge in [-0.1, -0.05) is 13.0 Å². The Morgan fingerprint density at radius 2 is 1.73 bits per heavy atom. The van der Waals surface area contributed by atoms with E-state index < -0.39 is 0 Å². The number of anilines is 2. The molecule has 122 valence electrons. The van der Waals surface area contributed by atoms with Gasteiger partial charge < -0.3 is 16.0 Å². The maximum Gasteiger partial charge on any atom is 0.0578 e. The highest BCUT2D eigenvalue weighted by Gasteiger charge is 2.27. The van der Waals surface area contributed by atoms with Crippen LogP contribution in [0.4, 0.5) is 11.4 Å². The van der Waals surface area contributed by atoms with E-state index in [0.717, 1.165) is 23.3 Å². The van der Waals surface area contributed by atoms with Crippen LogP contribution >= 0.6 is 0 Å². The molecule has 1 saturated carbocycles. The molecule has 3 N–H and O–H groups in total. The molecule has 0 atom stereocenters. The molecular weight excluding hydrogens is 270 g/mol. The van der Waals surface area contributed by atoms with Gasteiger partial charge >= 0.3 is 0 Å². The minimum absolute atomic E-state index is 0.572. The van der Waals surface area contributed by atoms with E-state index in [0.29, 0.717) is 6.04 Å². The summed E-state index contributed by atoms with van der Waals surface area (Å²) in [6.45, 7) is 7.00. The zero-order valence-corrected chi connectivity index (χ0v) is 14.1. The van der Waals surface area contributed by atoms with E-state index in [1.807, 2.05) is 6.07 Å². The van der Waals surface area contributed by atoms with Crippen molar-refractivity contribution in [2.75, 3.05) is 24.1 Å². The first-order valence-electron chi connectivity index (χ1n) is 8.98. The van der Waals surface area contributed by atoms with Crippen LogP contribution in [0.5, 0.6) is 0 Å². The Hall–Kier alpha value is -1.22. The summed E-state index contributed by atoms with van der Waals surface area (Å²) in [5.74, 6) is 0.944. The van der Waals surface area contributed by atoms with Gasteiger partial charge in [0.15, 0.2) is 0 Å². The summed E-state index contributed by atoms with van der Waals surface area (Å²) in [5, 5.41) is 3.67. The van der Waals surface area contributed by atoms with Gasteiger partial charge in [0.25, 0.3) is 0 Å². The number of likely N-dealkylation sites (tertiary alicyclic amines) is 1. The number of benzene rings is 1. The Labute approximate surface area is 135 Å². The zero-order valence-electron chi connectivity index (χ0n) is 14.1. The second-order valence-corrected chi connectivity index (χ2v) is 7.46. The fourth-order valence-corrected chi connectivity index (χ4v) is 4.03. The van der Waals surface area contributed by atoms with Crippen molar-refractivity contribution in [3.8, 4) is 0 Å². The minimum Gasteiger partial charge on any atom is -0.397 e. The van der Waals surface area contributed by atoms with Crippen molar-refractivity contribution in [1.29, 1.82) is 0 Å². The maximum atomic E-state index is 6.09. The Bertz CT molecular complexity index is 483. The fourth-order valence-electron chi connectivity index (χ4n) is 4.03. The molecule has 22 heavy (non-hydrogen) atoms. The molecule has 3 heteroatoms. The van der Waals surface area contributed by atoms with E-state index in [2.05, 4.69) is 36.2 Å². The van der Waals surface area contributed by atoms with Gasteiger partial charge in [0.2, 0.25) is 0 Å². The van der Waals surface area contributed by atoms with Crippen molar-refractivity contribution in [1.82, 2.24) is 4.90 Å². The monoisotopic (exact) mass is 301 g/mol. The Morgan fingerprint density at radius 3 is 2.41 bits per heavy atom. The van der Waals surface area contributed by atoms with Crippen LogP contribution in [0.25, 0.3) is 0 Å².